The van der Waals surface area contributed by atoms with E-state index in [2.05, 4.69) is 31.1 Å². The van der Waals surface area contributed by atoms with Crippen molar-refractivity contribution in [3.8, 4) is 0 Å². The second kappa shape index (κ2) is 6.41. The summed E-state index contributed by atoms with van der Waals surface area (Å²) in [6.45, 7) is 8.30. The van der Waals surface area contributed by atoms with Crippen LogP contribution in [0.3, 0.4) is 0 Å². The number of hydrogen-bond acceptors (Lipinski definition) is 2. The summed E-state index contributed by atoms with van der Waals surface area (Å²) in [4.78, 5) is 2.48. The summed E-state index contributed by atoms with van der Waals surface area (Å²) in [7, 11) is 2.25. The van der Waals surface area contributed by atoms with E-state index in [1.807, 2.05) is 0 Å². The van der Waals surface area contributed by atoms with Gasteiger partial charge in [-0.3, -0.25) is 0 Å². The molecule has 2 heteroatoms. The molecule has 0 aromatic carbocycles. The van der Waals surface area contributed by atoms with Gasteiger partial charge in [0.15, 0.2) is 0 Å². The van der Waals surface area contributed by atoms with Crippen LogP contribution in [0, 0.1) is 5.92 Å². The summed E-state index contributed by atoms with van der Waals surface area (Å²) in [6, 6.07) is 0.751. The van der Waals surface area contributed by atoms with E-state index < -0.39 is 0 Å². The zero-order valence-corrected chi connectivity index (χ0v) is 10.1. The van der Waals surface area contributed by atoms with Gasteiger partial charge in [0, 0.05) is 12.6 Å². The third-order valence-electron chi connectivity index (χ3n) is 3.03. The molecule has 14 heavy (non-hydrogen) atoms. The fourth-order valence-electron chi connectivity index (χ4n) is 2.03. The van der Waals surface area contributed by atoms with E-state index in [1.165, 1.54) is 45.3 Å². The van der Waals surface area contributed by atoms with Gasteiger partial charge in [0.2, 0.25) is 0 Å². The Morgan fingerprint density at radius 2 is 2.14 bits per heavy atom. The fourth-order valence-corrected chi connectivity index (χ4v) is 2.03. The highest BCUT2D eigenvalue weighted by Crippen LogP contribution is 2.08. The molecule has 0 bridgehead atoms. The Balaban J connectivity index is 2.09. The van der Waals surface area contributed by atoms with Crippen molar-refractivity contribution in [1.82, 2.24) is 10.2 Å². The van der Waals surface area contributed by atoms with Gasteiger partial charge < -0.3 is 10.2 Å². The minimum Gasteiger partial charge on any atom is -0.313 e. The molecular formula is C12H26N2. The monoisotopic (exact) mass is 198 g/mol. The summed E-state index contributed by atoms with van der Waals surface area (Å²) >= 11 is 0. The molecule has 1 aliphatic rings. The fraction of sp³-hybridized carbons (Fsp3) is 1.00. The van der Waals surface area contributed by atoms with Crippen LogP contribution in [-0.4, -0.2) is 37.6 Å². The molecule has 0 saturated carbocycles. The zero-order valence-electron chi connectivity index (χ0n) is 10.1. The van der Waals surface area contributed by atoms with Gasteiger partial charge in [-0.05, 0) is 45.3 Å². The van der Waals surface area contributed by atoms with Crippen LogP contribution in [-0.2, 0) is 0 Å². The molecule has 1 atom stereocenters. The molecule has 0 radical (unpaired) electrons. The highest BCUT2D eigenvalue weighted by Gasteiger charge is 2.14. The number of likely N-dealkylation sites (N-methyl/N-ethyl adjacent to an activating group) is 1. The first kappa shape index (κ1) is 12.0. The molecule has 0 aromatic rings. The van der Waals surface area contributed by atoms with Crippen molar-refractivity contribution in [2.45, 2.75) is 45.6 Å². The minimum absolute atomic E-state index is 0.751. The maximum atomic E-state index is 3.60. The molecule has 0 amide bonds. The van der Waals surface area contributed by atoms with Gasteiger partial charge in [-0.25, -0.2) is 0 Å². The average molecular weight is 198 g/mol. The minimum atomic E-state index is 0.751. The van der Waals surface area contributed by atoms with Crippen molar-refractivity contribution in [1.29, 1.82) is 0 Å². The molecule has 1 fully saturated rings. The lowest BCUT2D eigenvalue weighted by atomic mass is 10.0. The number of hydrogen-bond donors (Lipinski definition) is 1. The van der Waals surface area contributed by atoms with Gasteiger partial charge in [0.05, 0.1) is 0 Å². The van der Waals surface area contributed by atoms with E-state index >= 15 is 0 Å². The second-order valence-corrected chi connectivity index (χ2v) is 5.09. The van der Waals surface area contributed by atoms with E-state index in [9.17, 15) is 0 Å². The Morgan fingerprint density at radius 3 is 2.71 bits per heavy atom. The molecule has 0 spiro atoms. The van der Waals surface area contributed by atoms with Crippen molar-refractivity contribution in [2.75, 3.05) is 26.7 Å². The predicted octanol–water partition coefficient (Wildman–Crippen LogP) is 2.11. The van der Waals surface area contributed by atoms with Crippen LogP contribution in [0.15, 0.2) is 0 Å². The smallest absolute Gasteiger partial charge is 0.0194 e. The van der Waals surface area contributed by atoms with Crippen LogP contribution in [0.25, 0.3) is 0 Å². The molecule has 1 rings (SSSR count). The number of nitrogens with one attached hydrogen (secondary N) is 1. The number of piperidine rings is 1. The van der Waals surface area contributed by atoms with Crippen molar-refractivity contribution >= 4 is 0 Å². The number of nitrogens with zero attached hydrogens (tertiary/aromatic N) is 1. The Kier molecular flexibility index (Phi) is 5.49. The van der Waals surface area contributed by atoms with E-state index in [4.69, 9.17) is 0 Å². The molecule has 0 aliphatic carbocycles. The van der Waals surface area contributed by atoms with Crippen molar-refractivity contribution < 1.29 is 0 Å². The molecule has 1 unspecified atom stereocenters. The predicted molar refractivity (Wildman–Crippen MR) is 62.6 cm³/mol. The van der Waals surface area contributed by atoms with E-state index in [0.29, 0.717) is 0 Å². The summed E-state index contributed by atoms with van der Waals surface area (Å²) in [5.41, 5.74) is 0. The molecular weight excluding hydrogens is 172 g/mol. The molecule has 2 nitrogen and oxygen atoms in total. The third kappa shape index (κ3) is 4.97. The van der Waals surface area contributed by atoms with E-state index in [-0.39, 0.29) is 0 Å². The topological polar surface area (TPSA) is 15.3 Å². The first-order valence-corrected chi connectivity index (χ1v) is 6.10. The first-order chi connectivity index (χ1) is 6.68. The first-order valence-electron chi connectivity index (χ1n) is 6.10. The summed E-state index contributed by atoms with van der Waals surface area (Å²) in [6.07, 6.45) is 5.47. The highest BCUT2D eigenvalue weighted by atomic mass is 15.1. The van der Waals surface area contributed by atoms with Crippen molar-refractivity contribution in [3.05, 3.63) is 0 Å². The zero-order chi connectivity index (χ0) is 10.4. The average Bonchev–Trinajstić information content (AvgIpc) is 2.16. The van der Waals surface area contributed by atoms with E-state index in [0.717, 1.165) is 12.0 Å². The summed E-state index contributed by atoms with van der Waals surface area (Å²) in [5, 5.41) is 3.60. The quantitative estimate of drug-likeness (QED) is 0.728. The van der Waals surface area contributed by atoms with Gasteiger partial charge in [0.1, 0.15) is 0 Å². The normalized spacial score (nSPS) is 23.4. The van der Waals surface area contributed by atoms with Crippen LogP contribution < -0.4 is 5.32 Å². The highest BCUT2D eigenvalue weighted by molar-refractivity contribution is 4.74. The van der Waals surface area contributed by atoms with Crippen LogP contribution in [0.1, 0.15) is 39.5 Å². The lowest BCUT2D eigenvalue weighted by Gasteiger charge is -2.28. The third-order valence-corrected chi connectivity index (χ3v) is 3.03. The van der Waals surface area contributed by atoms with Crippen LogP contribution in [0.4, 0.5) is 0 Å². The summed E-state index contributed by atoms with van der Waals surface area (Å²) < 4.78 is 0. The Labute approximate surface area is 89.1 Å². The summed E-state index contributed by atoms with van der Waals surface area (Å²) in [5.74, 6) is 0.830. The van der Waals surface area contributed by atoms with E-state index in [1.54, 1.807) is 0 Å². The molecule has 1 saturated heterocycles. The van der Waals surface area contributed by atoms with Gasteiger partial charge in [-0.2, -0.15) is 0 Å². The lowest BCUT2D eigenvalue weighted by molar-refractivity contribution is 0.251. The molecule has 84 valence electrons. The molecule has 0 aromatic heterocycles. The van der Waals surface area contributed by atoms with Crippen LogP contribution in [0.2, 0.25) is 0 Å². The lowest BCUT2D eigenvalue weighted by Crippen LogP contribution is -2.42. The van der Waals surface area contributed by atoms with Crippen molar-refractivity contribution in [3.63, 3.8) is 0 Å². The molecule has 1 heterocycles. The largest absolute Gasteiger partial charge is 0.313 e. The van der Waals surface area contributed by atoms with Crippen LogP contribution >= 0.6 is 0 Å². The number of rotatable bonds is 5. The maximum absolute atomic E-state index is 3.60. The van der Waals surface area contributed by atoms with Crippen LogP contribution in [0.5, 0.6) is 0 Å². The standard InChI is InChI=1S/C12H26N2/c1-11(2)7-9-14(3)10-12-6-4-5-8-13-12/h11-13H,4-10H2,1-3H3. The van der Waals surface area contributed by atoms with Gasteiger partial charge in [-0.15, -0.1) is 0 Å². The van der Waals surface area contributed by atoms with Gasteiger partial charge >= 0.3 is 0 Å². The Bertz CT molecular complexity index is 139. The molecule has 1 aliphatic heterocycles. The maximum Gasteiger partial charge on any atom is 0.0194 e. The second-order valence-electron chi connectivity index (χ2n) is 5.09. The van der Waals surface area contributed by atoms with Gasteiger partial charge in [0.25, 0.3) is 0 Å². The SMILES string of the molecule is CC(C)CCN(C)CC1CCCCN1. The Hall–Kier alpha value is -0.0800. The Morgan fingerprint density at radius 1 is 1.36 bits per heavy atom. The van der Waals surface area contributed by atoms with Crippen molar-refractivity contribution in [2.24, 2.45) is 5.92 Å². The molecule has 1 N–H and O–H groups in total. The van der Waals surface area contributed by atoms with Gasteiger partial charge in [-0.1, -0.05) is 20.3 Å².